The van der Waals surface area contributed by atoms with Crippen LogP contribution >= 0.6 is 0 Å². The second-order valence-corrected chi connectivity index (χ2v) is 2.50. The number of hydrogen-bond acceptors (Lipinski definition) is 3. The Kier molecular flexibility index (Phi) is 6.91. The number of unbranched alkanes of at least 4 members (excludes halogenated alkanes) is 1. The van der Waals surface area contributed by atoms with E-state index in [1.165, 1.54) is 12.8 Å². The van der Waals surface area contributed by atoms with Crippen molar-refractivity contribution in [3.8, 4) is 0 Å². The van der Waals surface area contributed by atoms with Crippen LogP contribution in [0.15, 0.2) is 0 Å². The molecule has 0 saturated carbocycles. The summed E-state index contributed by atoms with van der Waals surface area (Å²) in [6.45, 7) is 3.94. The molecule has 0 aliphatic rings. The lowest BCUT2D eigenvalue weighted by molar-refractivity contribution is 0.262. The molecular weight excluding hydrogens is 128 g/mol. The van der Waals surface area contributed by atoms with Gasteiger partial charge in [-0.3, -0.25) is 0 Å². The zero-order valence-electron chi connectivity index (χ0n) is 6.64. The Morgan fingerprint density at radius 2 is 2.30 bits per heavy atom. The molecule has 3 nitrogen and oxygen atoms in total. The van der Waals surface area contributed by atoms with Crippen LogP contribution in [0.5, 0.6) is 0 Å². The lowest BCUT2D eigenvalue weighted by Gasteiger charge is -2.08. The summed E-state index contributed by atoms with van der Waals surface area (Å²) in [6.07, 6.45) is 2.37. The number of aliphatic hydroxyl groups excluding tert-OH is 1. The van der Waals surface area contributed by atoms with E-state index in [9.17, 15) is 0 Å². The van der Waals surface area contributed by atoms with Gasteiger partial charge in [0, 0.05) is 12.6 Å². The van der Waals surface area contributed by atoms with Gasteiger partial charge in [0.15, 0.2) is 0 Å². The van der Waals surface area contributed by atoms with Crippen molar-refractivity contribution >= 4 is 0 Å². The maximum atomic E-state index is 8.53. The predicted octanol–water partition coefficient (Wildman–Crippen LogP) is -0.304. The van der Waals surface area contributed by atoms with Crippen LogP contribution in [0.3, 0.4) is 0 Å². The highest BCUT2D eigenvalue weighted by Gasteiger charge is 1.96. The summed E-state index contributed by atoms with van der Waals surface area (Å²) < 4.78 is 0. The largest absolute Gasteiger partial charge is 0.395 e. The smallest absolute Gasteiger partial charge is 0.0594 e. The normalized spacial score (nSPS) is 13.5. The molecule has 0 bridgehead atoms. The quantitative estimate of drug-likeness (QED) is 0.451. The zero-order chi connectivity index (χ0) is 7.82. The summed E-state index contributed by atoms with van der Waals surface area (Å²) in [5.74, 6) is 0. The summed E-state index contributed by atoms with van der Waals surface area (Å²) in [5, 5.41) is 11.7. The second-order valence-electron chi connectivity index (χ2n) is 2.50. The first kappa shape index (κ1) is 9.88. The van der Waals surface area contributed by atoms with Gasteiger partial charge in [0.1, 0.15) is 0 Å². The molecule has 62 valence electrons. The average Bonchev–Trinajstić information content (AvgIpc) is 1.98. The first-order valence-corrected chi connectivity index (χ1v) is 3.88. The molecular formula is C7H18N2O. The summed E-state index contributed by atoms with van der Waals surface area (Å²) in [7, 11) is 0. The summed E-state index contributed by atoms with van der Waals surface area (Å²) in [5.41, 5.74) is 5.44. The molecule has 0 aliphatic carbocycles. The first-order valence-electron chi connectivity index (χ1n) is 3.88. The van der Waals surface area contributed by atoms with E-state index in [-0.39, 0.29) is 12.6 Å². The Labute approximate surface area is 62.6 Å². The van der Waals surface area contributed by atoms with Gasteiger partial charge >= 0.3 is 0 Å². The van der Waals surface area contributed by atoms with Crippen molar-refractivity contribution in [2.75, 3.05) is 19.7 Å². The maximum Gasteiger partial charge on any atom is 0.0594 e. The van der Waals surface area contributed by atoms with Crippen molar-refractivity contribution in [2.45, 2.75) is 25.8 Å². The van der Waals surface area contributed by atoms with Crippen LogP contribution in [0, 0.1) is 0 Å². The van der Waals surface area contributed by atoms with Gasteiger partial charge in [0.25, 0.3) is 0 Å². The van der Waals surface area contributed by atoms with Gasteiger partial charge in [-0.05, 0) is 13.0 Å². The molecule has 0 aromatic carbocycles. The van der Waals surface area contributed by atoms with E-state index in [4.69, 9.17) is 10.8 Å². The molecule has 0 amide bonds. The average molecular weight is 146 g/mol. The monoisotopic (exact) mass is 146 g/mol. The zero-order valence-corrected chi connectivity index (χ0v) is 6.64. The predicted molar refractivity (Wildman–Crippen MR) is 42.8 cm³/mol. The fraction of sp³-hybridized carbons (Fsp3) is 1.00. The molecule has 0 aromatic rings. The maximum absolute atomic E-state index is 8.53. The Hall–Kier alpha value is -0.120. The Morgan fingerprint density at radius 1 is 1.60 bits per heavy atom. The Balaban J connectivity index is 2.89. The molecule has 0 saturated heterocycles. The topological polar surface area (TPSA) is 58.3 Å². The first-order chi connectivity index (χ1) is 4.81. The highest BCUT2D eigenvalue weighted by atomic mass is 16.3. The Bertz CT molecular complexity index is 68.6. The Morgan fingerprint density at radius 3 is 2.80 bits per heavy atom. The minimum absolute atomic E-state index is 0.0686. The second kappa shape index (κ2) is 6.99. The third kappa shape index (κ3) is 6.01. The van der Waals surface area contributed by atoms with Crippen LogP contribution in [0.4, 0.5) is 0 Å². The minimum Gasteiger partial charge on any atom is -0.395 e. The van der Waals surface area contributed by atoms with Gasteiger partial charge in [-0.1, -0.05) is 13.3 Å². The van der Waals surface area contributed by atoms with E-state index in [0.29, 0.717) is 0 Å². The van der Waals surface area contributed by atoms with Crippen molar-refractivity contribution < 1.29 is 5.11 Å². The van der Waals surface area contributed by atoms with Gasteiger partial charge in [-0.25, -0.2) is 0 Å². The van der Waals surface area contributed by atoms with E-state index in [2.05, 4.69) is 12.2 Å². The SMILES string of the molecule is CCCCNC[C@@H](N)CO. The lowest BCUT2D eigenvalue weighted by Crippen LogP contribution is -2.36. The number of hydrogen-bond donors (Lipinski definition) is 3. The van der Waals surface area contributed by atoms with Gasteiger partial charge in [0.2, 0.25) is 0 Å². The van der Waals surface area contributed by atoms with Crippen LogP contribution in [-0.2, 0) is 0 Å². The number of nitrogens with one attached hydrogen (secondary N) is 1. The van der Waals surface area contributed by atoms with Crippen LogP contribution in [-0.4, -0.2) is 30.8 Å². The van der Waals surface area contributed by atoms with Crippen molar-refractivity contribution in [1.29, 1.82) is 0 Å². The minimum atomic E-state index is -0.100. The third-order valence-electron chi connectivity index (χ3n) is 1.35. The molecule has 0 radical (unpaired) electrons. The standard InChI is InChI=1S/C7H18N2O/c1-2-3-4-9-5-7(8)6-10/h7,9-10H,2-6,8H2,1H3/t7-/m1/s1. The van der Waals surface area contributed by atoms with Crippen molar-refractivity contribution in [1.82, 2.24) is 5.32 Å². The number of nitrogens with two attached hydrogens (primary N) is 1. The van der Waals surface area contributed by atoms with Crippen LogP contribution in [0.25, 0.3) is 0 Å². The molecule has 0 heterocycles. The number of aliphatic hydroxyl groups is 1. The molecule has 1 atom stereocenters. The molecule has 0 fully saturated rings. The molecule has 0 aromatic heterocycles. The van der Waals surface area contributed by atoms with Gasteiger partial charge in [-0.15, -0.1) is 0 Å². The van der Waals surface area contributed by atoms with E-state index in [1.807, 2.05) is 0 Å². The van der Waals surface area contributed by atoms with Gasteiger partial charge in [-0.2, -0.15) is 0 Å². The van der Waals surface area contributed by atoms with E-state index >= 15 is 0 Å². The highest BCUT2D eigenvalue weighted by molar-refractivity contribution is 4.61. The van der Waals surface area contributed by atoms with Crippen molar-refractivity contribution in [3.63, 3.8) is 0 Å². The fourth-order valence-corrected chi connectivity index (χ4v) is 0.654. The summed E-state index contributed by atoms with van der Waals surface area (Å²) in [6, 6.07) is -0.100. The third-order valence-corrected chi connectivity index (χ3v) is 1.35. The van der Waals surface area contributed by atoms with Crippen LogP contribution < -0.4 is 11.1 Å². The summed E-state index contributed by atoms with van der Waals surface area (Å²) in [4.78, 5) is 0. The van der Waals surface area contributed by atoms with Crippen LogP contribution in [0.1, 0.15) is 19.8 Å². The van der Waals surface area contributed by atoms with E-state index in [1.54, 1.807) is 0 Å². The molecule has 0 unspecified atom stereocenters. The lowest BCUT2D eigenvalue weighted by atomic mass is 10.3. The summed E-state index contributed by atoms with van der Waals surface area (Å²) >= 11 is 0. The fourth-order valence-electron chi connectivity index (χ4n) is 0.654. The van der Waals surface area contributed by atoms with Gasteiger partial charge < -0.3 is 16.2 Å². The molecule has 0 aliphatic heterocycles. The van der Waals surface area contributed by atoms with Crippen LogP contribution in [0.2, 0.25) is 0 Å². The van der Waals surface area contributed by atoms with E-state index in [0.717, 1.165) is 13.1 Å². The van der Waals surface area contributed by atoms with E-state index < -0.39 is 0 Å². The molecule has 0 rings (SSSR count). The van der Waals surface area contributed by atoms with Crippen molar-refractivity contribution in [3.05, 3.63) is 0 Å². The van der Waals surface area contributed by atoms with Crippen molar-refractivity contribution in [2.24, 2.45) is 5.73 Å². The van der Waals surface area contributed by atoms with Gasteiger partial charge in [0.05, 0.1) is 6.61 Å². The molecule has 4 N–H and O–H groups in total. The number of rotatable bonds is 6. The molecule has 0 spiro atoms. The molecule has 3 heteroatoms. The molecule has 10 heavy (non-hydrogen) atoms. The highest BCUT2D eigenvalue weighted by Crippen LogP contribution is 1.82.